The summed E-state index contributed by atoms with van der Waals surface area (Å²) < 4.78 is 16.9. The summed E-state index contributed by atoms with van der Waals surface area (Å²) in [6.45, 7) is 4.31. The highest BCUT2D eigenvalue weighted by atomic mass is 16.7. The van der Waals surface area contributed by atoms with Crippen LogP contribution in [0.3, 0.4) is 0 Å². The van der Waals surface area contributed by atoms with Crippen molar-refractivity contribution in [1.82, 2.24) is 0 Å². The summed E-state index contributed by atoms with van der Waals surface area (Å²) in [4.78, 5) is 12.6. The first kappa shape index (κ1) is 11.4. The van der Waals surface area contributed by atoms with Gasteiger partial charge in [0.15, 0.2) is 6.29 Å². The number of fused-ring (bicyclic) bond motifs is 1. The lowest BCUT2D eigenvalue weighted by atomic mass is 9.63. The van der Waals surface area contributed by atoms with Gasteiger partial charge >= 0.3 is 0 Å². The van der Waals surface area contributed by atoms with Crippen LogP contribution >= 0.6 is 0 Å². The molecule has 3 rings (SSSR count). The Balaban J connectivity index is 2.02. The van der Waals surface area contributed by atoms with Crippen molar-refractivity contribution in [3.8, 4) is 0 Å². The van der Waals surface area contributed by atoms with E-state index in [0.717, 1.165) is 0 Å². The molecule has 4 nitrogen and oxygen atoms in total. The highest BCUT2D eigenvalue weighted by Crippen LogP contribution is 2.54. The molecule has 0 aliphatic carbocycles. The monoisotopic (exact) mass is 238 g/mol. The second kappa shape index (κ2) is 3.40. The number of ketones is 1. The van der Waals surface area contributed by atoms with Gasteiger partial charge in [-0.15, -0.1) is 0 Å². The van der Waals surface area contributed by atoms with Crippen molar-refractivity contribution in [2.75, 3.05) is 13.7 Å². The summed E-state index contributed by atoms with van der Waals surface area (Å²) >= 11 is 0. The summed E-state index contributed by atoms with van der Waals surface area (Å²) in [7, 11) is 1.61. The van der Waals surface area contributed by atoms with Gasteiger partial charge in [0.1, 0.15) is 11.4 Å². The molecule has 2 bridgehead atoms. The van der Waals surface area contributed by atoms with Crippen molar-refractivity contribution in [1.29, 1.82) is 0 Å². The van der Waals surface area contributed by atoms with Crippen LogP contribution in [0.1, 0.15) is 20.3 Å². The third-order valence-corrected chi connectivity index (χ3v) is 4.61. The summed E-state index contributed by atoms with van der Waals surface area (Å²) in [5, 5.41) is 0. The second-order valence-electron chi connectivity index (χ2n) is 5.50. The zero-order valence-electron chi connectivity index (χ0n) is 10.4. The van der Waals surface area contributed by atoms with Crippen LogP contribution in [0.15, 0.2) is 12.2 Å². The number of Topliss-reactive ketones (excluding diaryl/α,β-unsaturated/α-hetero) is 1. The molecule has 4 heteroatoms. The van der Waals surface area contributed by atoms with Crippen LogP contribution in [0.2, 0.25) is 0 Å². The van der Waals surface area contributed by atoms with Crippen LogP contribution in [-0.2, 0) is 19.0 Å². The summed E-state index contributed by atoms with van der Waals surface area (Å²) in [6, 6.07) is 0. The maximum atomic E-state index is 12.6. The van der Waals surface area contributed by atoms with E-state index in [0.29, 0.717) is 13.0 Å². The molecule has 5 atom stereocenters. The molecule has 0 amide bonds. The topological polar surface area (TPSA) is 44.8 Å². The van der Waals surface area contributed by atoms with Gasteiger partial charge in [-0.2, -0.15) is 0 Å². The Morgan fingerprint density at radius 3 is 3.00 bits per heavy atom. The fourth-order valence-electron chi connectivity index (χ4n) is 3.29. The summed E-state index contributed by atoms with van der Waals surface area (Å²) in [6.07, 6.45) is 4.19. The molecule has 3 heterocycles. The quantitative estimate of drug-likeness (QED) is 0.646. The molecule has 2 fully saturated rings. The van der Waals surface area contributed by atoms with Gasteiger partial charge in [-0.25, -0.2) is 0 Å². The van der Waals surface area contributed by atoms with E-state index in [2.05, 4.69) is 0 Å². The minimum atomic E-state index is -0.573. The van der Waals surface area contributed by atoms with E-state index in [9.17, 15) is 4.79 Å². The standard InChI is InChI=1S/C13H18O4/c1-8-9-4-5-13(17-9)7-16-10(15-3)6-12(13,2)11(8)14/h4-5,8-10H,6-7H2,1-3H3/t8-,9+,10-,12+,13+/m0/s1. The third-order valence-electron chi connectivity index (χ3n) is 4.61. The first-order valence-electron chi connectivity index (χ1n) is 6.08. The number of ether oxygens (including phenoxy) is 3. The van der Waals surface area contributed by atoms with Gasteiger partial charge in [-0.3, -0.25) is 4.79 Å². The van der Waals surface area contributed by atoms with Crippen molar-refractivity contribution in [3.63, 3.8) is 0 Å². The van der Waals surface area contributed by atoms with E-state index < -0.39 is 11.0 Å². The molecule has 0 saturated carbocycles. The Morgan fingerprint density at radius 2 is 2.29 bits per heavy atom. The van der Waals surface area contributed by atoms with Crippen LogP contribution in [0, 0.1) is 11.3 Å². The van der Waals surface area contributed by atoms with Crippen molar-refractivity contribution in [3.05, 3.63) is 12.2 Å². The van der Waals surface area contributed by atoms with Gasteiger partial charge in [0.2, 0.25) is 0 Å². The Labute approximate surface area is 101 Å². The van der Waals surface area contributed by atoms with Gasteiger partial charge in [-0.05, 0) is 6.92 Å². The highest BCUT2D eigenvalue weighted by Gasteiger charge is 2.64. The summed E-state index contributed by atoms with van der Waals surface area (Å²) in [5.74, 6) is 0.187. The smallest absolute Gasteiger partial charge is 0.158 e. The minimum absolute atomic E-state index is 0.0810. The van der Waals surface area contributed by atoms with Crippen LogP contribution < -0.4 is 0 Å². The molecule has 3 aliphatic heterocycles. The molecule has 0 unspecified atom stereocenters. The number of hydrogen-bond acceptors (Lipinski definition) is 4. The number of methoxy groups -OCH3 is 1. The van der Waals surface area contributed by atoms with Crippen LogP contribution in [0.5, 0.6) is 0 Å². The van der Waals surface area contributed by atoms with Crippen molar-refractivity contribution in [2.24, 2.45) is 11.3 Å². The van der Waals surface area contributed by atoms with Crippen LogP contribution in [0.4, 0.5) is 0 Å². The molecule has 0 radical (unpaired) electrons. The third kappa shape index (κ3) is 1.26. The van der Waals surface area contributed by atoms with E-state index in [1.54, 1.807) is 7.11 Å². The first-order valence-corrected chi connectivity index (χ1v) is 6.08. The Morgan fingerprint density at radius 1 is 1.53 bits per heavy atom. The molecule has 0 aromatic rings. The number of carbonyl (C=O) groups is 1. The lowest BCUT2D eigenvalue weighted by Crippen LogP contribution is -2.64. The number of carbonyl (C=O) groups excluding carboxylic acids is 1. The average molecular weight is 238 g/mol. The molecule has 1 spiro atoms. The van der Waals surface area contributed by atoms with Gasteiger partial charge in [0, 0.05) is 19.4 Å². The van der Waals surface area contributed by atoms with E-state index in [1.807, 2.05) is 26.0 Å². The van der Waals surface area contributed by atoms with Gasteiger partial charge < -0.3 is 14.2 Å². The zero-order chi connectivity index (χ0) is 12.3. The molecular formula is C13H18O4. The van der Waals surface area contributed by atoms with Gasteiger partial charge in [0.05, 0.1) is 18.1 Å². The van der Waals surface area contributed by atoms with E-state index >= 15 is 0 Å². The van der Waals surface area contributed by atoms with Gasteiger partial charge in [0.25, 0.3) is 0 Å². The molecule has 3 aliphatic rings. The first-order chi connectivity index (χ1) is 8.02. The molecule has 17 heavy (non-hydrogen) atoms. The SMILES string of the molecule is CO[C@@H]1C[C@]2(C)C(=O)[C@@H](C)[C@H]3C=C[C@]2(CO1)O3. The Kier molecular flexibility index (Phi) is 2.28. The Bertz CT molecular complexity index is 391. The normalized spacial score (nSPS) is 52.6. The maximum absolute atomic E-state index is 12.6. The molecule has 0 aromatic carbocycles. The fourth-order valence-corrected chi connectivity index (χ4v) is 3.29. The summed E-state index contributed by atoms with van der Waals surface area (Å²) in [5.41, 5.74) is -1.11. The molecule has 94 valence electrons. The largest absolute Gasteiger partial charge is 0.359 e. The number of rotatable bonds is 1. The van der Waals surface area contributed by atoms with E-state index in [1.165, 1.54) is 0 Å². The zero-order valence-corrected chi connectivity index (χ0v) is 10.4. The van der Waals surface area contributed by atoms with E-state index in [-0.39, 0.29) is 24.1 Å². The van der Waals surface area contributed by atoms with E-state index in [4.69, 9.17) is 14.2 Å². The predicted molar refractivity (Wildman–Crippen MR) is 60.4 cm³/mol. The molecule has 0 aromatic heterocycles. The van der Waals surface area contributed by atoms with Crippen molar-refractivity contribution < 1.29 is 19.0 Å². The minimum Gasteiger partial charge on any atom is -0.359 e. The van der Waals surface area contributed by atoms with Crippen LogP contribution in [-0.4, -0.2) is 37.5 Å². The lowest BCUT2D eigenvalue weighted by Gasteiger charge is -2.53. The highest BCUT2D eigenvalue weighted by molar-refractivity contribution is 5.90. The second-order valence-corrected chi connectivity index (χ2v) is 5.50. The molecular weight excluding hydrogens is 220 g/mol. The van der Waals surface area contributed by atoms with Crippen molar-refractivity contribution >= 4 is 5.78 Å². The van der Waals surface area contributed by atoms with Crippen molar-refractivity contribution in [2.45, 2.75) is 38.3 Å². The Hall–Kier alpha value is -0.710. The average Bonchev–Trinajstić information content (AvgIpc) is 2.73. The van der Waals surface area contributed by atoms with Gasteiger partial charge in [-0.1, -0.05) is 19.1 Å². The number of hydrogen-bond donors (Lipinski definition) is 0. The van der Waals surface area contributed by atoms with Crippen LogP contribution in [0.25, 0.3) is 0 Å². The predicted octanol–water partition coefficient (Wildman–Crippen LogP) is 1.30. The molecule has 2 saturated heterocycles. The maximum Gasteiger partial charge on any atom is 0.158 e. The molecule has 0 N–H and O–H groups in total. The lowest BCUT2D eigenvalue weighted by molar-refractivity contribution is -0.265. The fraction of sp³-hybridized carbons (Fsp3) is 0.769.